The molecule has 0 fully saturated rings. The predicted molar refractivity (Wildman–Crippen MR) is 138 cm³/mol. The monoisotopic (exact) mass is 537 g/mol. The van der Waals surface area contributed by atoms with Gasteiger partial charge in [-0.1, -0.05) is 43.6 Å². The number of H-pyrrole nitrogens is 1. The zero-order valence-electron chi connectivity index (χ0n) is 20.9. The molecular formula is C27H31ClF3N3O3. The van der Waals surface area contributed by atoms with Gasteiger partial charge in [0, 0.05) is 46.8 Å². The largest absolute Gasteiger partial charge is 0.490 e. The second-order valence-corrected chi connectivity index (χ2v) is 9.91. The van der Waals surface area contributed by atoms with Crippen molar-refractivity contribution >= 4 is 34.4 Å². The van der Waals surface area contributed by atoms with Crippen LogP contribution in [0.1, 0.15) is 54.8 Å². The van der Waals surface area contributed by atoms with Crippen molar-refractivity contribution < 1.29 is 27.5 Å². The molecule has 1 aromatic heterocycles. The molecule has 1 amide bonds. The number of rotatable bonds is 11. The number of aromatic amines is 1. The molecule has 0 saturated heterocycles. The topological polar surface area (TPSA) is 83.2 Å². The maximum atomic E-state index is 12.8. The van der Waals surface area contributed by atoms with Crippen molar-refractivity contribution in [2.75, 3.05) is 13.1 Å². The minimum atomic E-state index is -5.10. The fraction of sp³-hybridized carbons (Fsp3) is 0.407. The summed E-state index contributed by atoms with van der Waals surface area (Å²) in [6, 6.07) is 11.5. The first-order chi connectivity index (χ1) is 17.4. The normalized spacial score (nSPS) is 13.5. The number of halogens is 4. The molecule has 3 aromatic rings. The van der Waals surface area contributed by atoms with Crippen molar-refractivity contribution in [1.29, 1.82) is 0 Å². The highest BCUT2D eigenvalue weighted by atomic mass is 35.5. The third-order valence-electron chi connectivity index (χ3n) is 5.92. The number of fused-ring (bicyclic) bond motifs is 1. The average Bonchev–Trinajstić information content (AvgIpc) is 3.22. The van der Waals surface area contributed by atoms with Gasteiger partial charge < -0.3 is 20.4 Å². The number of hydrogen-bond acceptors (Lipinski definition) is 4. The molecule has 0 bridgehead atoms. The van der Waals surface area contributed by atoms with Gasteiger partial charge >= 0.3 is 12.1 Å². The summed E-state index contributed by atoms with van der Waals surface area (Å²) in [5.74, 6) is -1.89. The second-order valence-electron chi connectivity index (χ2n) is 9.47. The Kier molecular flexibility index (Phi) is 9.62. The van der Waals surface area contributed by atoms with Crippen molar-refractivity contribution in [2.24, 2.45) is 5.92 Å². The second kappa shape index (κ2) is 12.5. The lowest BCUT2D eigenvalue weighted by Gasteiger charge is -2.22. The van der Waals surface area contributed by atoms with Crippen LogP contribution in [0.5, 0.6) is 0 Å². The Morgan fingerprint density at radius 1 is 1.11 bits per heavy atom. The molecule has 2 atom stereocenters. The number of carbonyl (C=O) groups is 2. The first-order valence-corrected chi connectivity index (χ1v) is 12.5. The van der Waals surface area contributed by atoms with E-state index in [1.807, 2.05) is 19.2 Å². The van der Waals surface area contributed by atoms with Crippen LogP contribution in [-0.4, -0.2) is 42.2 Å². The van der Waals surface area contributed by atoms with Crippen LogP contribution in [0.3, 0.4) is 0 Å². The quantitative estimate of drug-likeness (QED) is 0.263. The van der Waals surface area contributed by atoms with E-state index in [0.29, 0.717) is 35.0 Å². The molecule has 37 heavy (non-hydrogen) atoms. The molecule has 10 heteroatoms. The van der Waals surface area contributed by atoms with Gasteiger partial charge in [-0.05, 0) is 61.1 Å². The molecule has 3 rings (SSSR count). The van der Waals surface area contributed by atoms with Crippen molar-refractivity contribution in [3.63, 3.8) is 0 Å². The van der Waals surface area contributed by atoms with Gasteiger partial charge in [-0.15, -0.1) is 0 Å². The molecule has 3 N–H and O–H groups in total. The van der Waals surface area contributed by atoms with Crippen LogP contribution in [0, 0.1) is 5.92 Å². The van der Waals surface area contributed by atoms with Crippen LogP contribution < -0.4 is 10.6 Å². The van der Waals surface area contributed by atoms with E-state index in [2.05, 4.69) is 29.5 Å². The Hall–Kier alpha value is -3.04. The van der Waals surface area contributed by atoms with Crippen LogP contribution in [0.25, 0.3) is 10.9 Å². The first-order valence-electron chi connectivity index (χ1n) is 12.1. The van der Waals surface area contributed by atoms with Gasteiger partial charge in [0.15, 0.2) is 0 Å². The van der Waals surface area contributed by atoms with Gasteiger partial charge in [-0.3, -0.25) is 4.79 Å². The van der Waals surface area contributed by atoms with E-state index < -0.39 is 18.2 Å². The molecule has 0 spiro atoms. The standard InChI is InChI=1S/C27H31ClF3N3O3/c1-16(2)9-10-32-25(35)19-7-8-22-20(14-34-23(22)13-19)11-17(3)33-15-24(37-26(36)27(29,30)31)18-5-4-6-21(28)12-18/h4-8,12-14,16-17,24,33-34H,9-11,15H2,1-3H3,(H,32,35)/t17-,24+/m1/s1. The average molecular weight is 538 g/mol. The molecule has 1 heterocycles. The molecular weight excluding hydrogens is 507 g/mol. The van der Waals surface area contributed by atoms with E-state index >= 15 is 0 Å². The number of carbonyl (C=O) groups excluding carboxylic acids is 2. The van der Waals surface area contributed by atoms with Gasteiger partial charge in [0.25, 0.3) is 5.91 Å². The summed E-state index contributed by atoms with van der Waals surface area (Å²) in [7, 11) is 0. The number of amides is 1. The minimum Gasteiger partial charge on any atom is -0.449 e. The van der Waals surface area contributed by atoms with Crippen LogP contribution in [0.2, 0.25) is 5.02 Å². The number of nitrogens with one attached hydrogen (secondary N) is 3. The molecule has 6 nitrogen and oxygen atoms in total. The minimum absolute atomic E-state index is 0.0353. The summed E-state index contributed by atoms with van der Waals surface area (Å²) < 4.78 is 43.2. The molecule has 200 valence electrons. The molecule has 0 aliphatic carbocycles. The first kappa shape index (κ1) is 28.5. The summed E-state index contributed by atoms with van der Waals surface area (Å²) in [5, 5.41) is 7.35. The van der Waals surface area contributed by atoms with E-state index in [-0.39, 0.29) is 18.5 Å². The summed E-state index contributed by atoms with van der Waals surface area (Å²) in [5.41, 5.74) is 2.71. The highest BCUT2D eigenvalue weighted by Gasteiger charge is 2.42. The van der Waals surface area contributed by atoms with Crippen molar-refractivity contribution in [3.05, 3.63) is 70.4 Å². The van der Waals surface area contributed by atoms with Crippen LogP contribution >= 0.6 is 11.6 Å². The molecule has 0 aliphatic rings. The Morgan fingerprint density at radius 2 is 1.86 bits per heavy atom. The summed E-state index contributed by atoms with van der Waals surface area (Å²) in [4.78, 5) is 27.1. The lowest BCUT2D eigenvalue weighted by molar-refractivity contribution is -0.205. The summed E-state index contributed by atoms with van der Waals surface area (Å²) in [6.45, 7) is 6.66. The van der Waals surface area contributed by atoms with E-state index in [1.165, 1.54) is 6.07 Å². The number of hydrogen-bond donors (Lipinski definition) is 3. The van der Waals surface area contributed by atoms with Gasteiger partial charge in [-0.25, -0.2) is 4.79 Å². The molecule has 0 aliphatic heterocycles. The van der Waals surface area contributed by atoms with E-state index in [4.69, 9.17) is 16.3 Å². The molecule has 2 aromatic carbocycles. The summed E-state index contributed by atoms with van der Waals surface area (Å²) in [6.07, 6.45) is -2.97. The highest BCUT2D eigenvalue weighted by Crippen LogP contribution is 2.26. The van der Waals surface area contributed by atoms with Crippen molar-refractivity contribution in [1.82, 2.24) is 15.6 Å². The van der Waals surface area contributed by atoms with E-state index in [1.54, 1.807) is 30.3 Å². The fourth-order valence-corrected chi connectivity index (χ4v) is 4.11. The Bertz CT molecular complexity index is 1230. The van der Waals surface area contributed by atoms with Gasteiger partial charge in [0.1, 0.15) is 6.10 Å². The SMILES string of the molecule is CC(C)CCNC(=O)c1ccc2c(C[C@@H](C)NC[C@H](OC(=O)C(F)(F)F)c3cccc(Cl)c3)c[nH]c2c1. The maximum absolute atomic E-state index is 12.8. The number of esters is 1. The van der Waals surface area contributed by atoms with Crippen LogP contribution in [0.4, 0.5) is 13.2 Å². The predicted octanol–water partition coefficient (Wildman–Crippen LogP) is 5.96. The number of alkyl halides is 3. The lowest BCUT2D eigenvalue weighted by Crippen LogP contribution is -2.35. The fourth-order valence-electron chi connectivity index (χ4n) is 3.91. The zero-order valence-corrected chi connectivity index (χ0v) is 21.7. The van der Waals surface area contributed by atoms with Crippen molar-refractivity contribution in [3.8, 4) is 0 Å². The van der Waals surface area contributed by atoms with E-state index in [9.17, 15) is 22.8 Å². The van der Waals surface area contributed by atoms with Gasteiger partial charge in [0.05, 0.1) is 0 Å². The van der Waals surface area contributed by atoms with Gasteiger partial charge in [-0.2, -0.15) is 13.2 Å². The van der Waals surface area contributed by atoms with Crippen molar-refractivity contribution in [2.45, 2.75) is 51.9 Å². The van der Waals surface area contributed by atoms with Crippen LogP contribution in [0.15, 0.2) is 48.7 Å². The smallest absolute Gasteiger partial charge is 0.449 e. The Balaban J connectivity index is 1.65. The van der Waals surface area contributed by atoms with Gasteiger partial charge in [0.2, 0.25) is 0 Å². The third-order valence-corrected chi connectivity index (χ3v) is 6.15. The zero-order chi connectivity index (χ0) is 27.2. The maximum Gasteiger partial charge on any atom is 0.490 e. The molecule has 0 radical (unpaired) electrons. The van der Waals surface area contributed by atoms with E-state index in [0.717, 1.165) is 22.9 Å². The molecule has 0 unspecified atom stereocenters. The Morgan fingerprint density at radius 3 is 2.54 bits per heavy atom. The Labute approximate surface area is 218 Å². The number of ether oxygens (including phenoxy) is 1. The summed E-state index contributed by atoms with van der Waals surface area (Å²) >= 11 is 5.98. The third kappa shape index (κ3) is 8.23. The highest BCUT2D eigenvalue weighted by molar-refractivity contribution is 6.30. The van der Waals surface area contributed by atoms with Crippen LogP contribution in [-0.2, 0) is 16.0 Å². The number of benzene rings is 2. The number of aromatic nitrogens is 1. The molecule has 0 saturated carbocycles. The lowest BCUT2D eigenvalue weighted by atomic mass is 10.0.